The Bertz CT molecular complexity index is 731. The lowest BCUT2D eigenvalue weighted by Crippen LogP contribution is -2.49. The number of piperidine rings is 1. The van der Waals surface area contributed by atoms with Gasteiger partial charge in [-0.3, -0.25) is 4.90 Å². The average Bonchev–Trinajstić information content (AvgIpc) is 2.74. The zero-order chi connectivity index (χ0) is 22.4. The molecule has 7 nitrogen and oxygen atoms in total. The van der Waals surface area contributed by atoms with Crippen LogP contribution >= 0.6 is 0 Å². The number of carbonyl (C=O) groups is 1. The maximum Gasteiger partial charge on any atom is 0.317 e. The van der Waals surface area contributed by atoms with Gasteiger partial charge < -0.3 is 25.0 Å². The van der Waals surface area contributed by atoms with Gasteiger partial charge in [-0.2, -0.15) is 0 Å². The highest BCUT2D eigenvalue weighted by Gasteiger charge is 2.31. The first kappa shape index (κ1) is 23.5. The number of hydrogen-bond donors (Lipinski definition) is 2. The maximum atomic E-state index is 14.5. The lowest BCUT2D eigenvalue weighted by molar-refractivity contribution is 0.0852. The van der Waals surface area contributed by atoms with Gasteiger partial charge in [-0.1, -0.05) is 6.07 Å². The average molecular weight is 441 g/mol. The van der Waals surface area contributed by atoms with Gasteiger partial charge in [-0.25, -0.2) is 13.6 Å². The van der Waals surface area contributed by atoms with E-state index in [9.17, 15) is 18.7 Å². The van der Waals surface area contributed by atoms with Crippen LogP contribution in [0.15, 0.2) is 18.2 Å². The second-order valence-corrected chi connectivity index (χ2v) is 8.66. The Labute approximate surface area is 182 Å². The number of urea groups is 1. The van der Waals surface area contributed by atoms with Gasteiger partial charge in [0, 0.05) is 52.4 Å². The molecule has 2 aliphatic rings. The summed E-state index contributed by atoms with van der Waals surface area (Å²) in [6.07, 6.45) is 0.602. The number of nitrogens with one attached hydrogen (secondary N) is 1. The van der Waals surface area contributed by atoms with Crippen LogP contribution in [0, 0.1) is 5.82 Å². The largest absolute Gasteiger partial charge is 0.494 e. The van der Waals surface area contributed by atoms with Crippen molar-refractivity contribution in [1.29, 1.82) is 0 Å². The number of aliphatic hydroxyl groups excluding tert-OH is 1. The molecule has 1 aromatic rings. The van der Waals surface area contributed by atoms with Crippen LogP contribution in [0.25, 0.3) is 0 Å². The smallest absolute Gasteiger partial charge is 0.317 e. The van der Waals surface area contributed by atoms with Crippen LogP contribution in [0.3, 0.4) is 0 Å². The summed E-state index contributed by atoms with van der Waals surface area (Å²) in [5, 5.41) is 13.2. The Kier molecular flexibility index (Phi) is 7.94. The van der Waals surface area contributed by atoms with Gasteiger partial charge in [0.05, 0.1) is 18.9 Å². The third-order valence-corrected chi connectivity index (χ3v) is 6.19. The molecule has 9 heteroatoms. The Balaban J connectivity index is 1.35. The third kappa shape index (κ3) is 6.43. The summed E-state index contributed by atoms with van der Waals surface area (Å²) in [6, 6.07) is 4.94. The number of ether oxygens (including phenoxy) is 1. The number of carbonyl (C=O) groups excluding carboxylic acids is 1. The first-order valence-corrected chi connectivity index (χ1v) is 11.0. The number of alkyl halides is 1. The standard InChI is InChI=1S/C22H34F2N4O3/c1-22(24)7-10-28(11-8-22)21(30)25-9-6-17(29)16-26-12-14-27(15-13-26)18-4-3-5-19(31-2)20(18)23/h3-5,17,29H,6-16H2,1-2H3,(H,25,30). The van der Waals surface area contributed by atoms with E-state index in [-0.39, 0.29) is 17.6 Å². The zero-order valence-electron chi connectivity index (χ0n) is 18.4. The van der Waals surface area contributed by atoms with Crippen LogP contribution in [-0.2, 0) is 0 Å². The quantitative estimate of drug-likeness (QED) is 0.681. The number of anilines is 1. The molecule has 3 rings (SSSR count). The molecule has 1 unspecified atom stereocenters. The maximum absolute atomic E-state index is 14.5. The van der Waals surface area contributed by atoms with Crippen molar-refractivity contribution >= 4 is 11.7 Å². The van der Waals surface area contributed by atoms with E-state index >= 15 is 0 Å². The molecule has 2 heterocycles. The summed E-state index contributed by atoms with van der Waals surface area (Å²) in [4.78, 5) is 17.9. The van der Waals surface area contributed by atoms with Crippen molar-refractivity contribution in [2.24, 2.45) is 0 Å². The van der Waals surface area contributed by atoms with Crippen LogP contribution < -0.4 is 15.0 Å². The molecule has 31 heavy (non-hydrogen) atoms. The number of aliphatic hydroxyl groups is 1. The first-order chi connectivity index (χ1) is 14.8. The molecule has 0 bridgehead atoms. The van der Waals surface area contributed by atoms with E-state index in [2.05, 4.69) is 10.2 Å². The SMILES string of the molecule is COc1cccc(N2CCN(CC(O)CCNC(=O)N3CCC(C)(F)CC3)CC2)c1F. The van der Waals surface area contributed by atoms with E-state index in [1.807, 2.05) is 4.90 Å². The number of halogens is 2. The summed E-state index contributed by atoms with van der Waals surface area (Å²) < 4.78 is 33.4. The number of benzene rings is 1. The molecule has 174 valence electrons. The molecule has 2 aliphatic heterocycles. The minimum Gasteiger partial charge on any atom is -0.494 e. The molecule has 0 radical (unpaired) electrons. The molecule has 0 saturated carbocycles. The van der Waals surface area contributed by atoms with Crippen molar-refractivity contribution in [2.75, 3.05) is 64.4 Å². The lowest BCUT2D eigenvalue weighted by atomic mass is 9.96. The van der Waals surface area contributed by atoms with Crippen molar-refractivity contribution in [3.63, 3.8) is 0 Å². The van der Waals surface area contributed by atoms with Gasteiger partial charge in [-0.05, 0) is 38.3 Å². The fraction of sp³-hybridized carbons (Fsp3) is 0.682. The number of piperazine rings is 1. The molecule has 0 spiro atoms. The van der Waals surface area contributed by atoms with Crippen molar-refractivity contribution in [3.8, 4) is 5.75 Å². The number of amides is 2. The van der Waals surface area contributed by atoms with Crippen molar-refractivity contribution in [1.82, 2.24) is 15.1 Å². The minimum atomic E-state index is -1.19. The van der Waals surface area contributed by atoms with Gasteiger partial charge in [0.15, 0.2) is 11.6 Å². The van der Waals surface area contributed by atoms with Gasteiger partial charge in [0.1, 0.15) is 5.67 Å². The van der Waals surface area contributed by atoms with E-state index in [1.54, 1.807) is 30.0 Å². The van der Waals surface area contributed by atoms with E-state index in [0.717, 1.165) is 13.1 Å². The molecule has 2 N–H and O–H groups in total. The summed E-state index contributed by atoms with van der Waals surface area (Å²) >= 11 is 0. The van der Waals surface area contributed by atoms with E-state index in [1.165, 1.54) is 7.11 Å². The second-order valence-electron chi connectivity index (χ2n) is 8.66. The number of methoxy groups -OCH3 is 1. The lowest BCUT2D eigenvalue weighted by Gasteiger charge is -2.37. The normalized spacial score (nSPS) is 20.4. The van der Waals surface area contributed by atoms with Crippen LogP contribution in [-0.4, -0.2) is 92.2 Å². The Hall–Kier alpha value is -2.13. The van der Waals surface area contributed by atoms with Crippen LogP contribution in [0.1, 0.15) is 26.2 Å². The van der Waals surface area contributed by atoms with Crippen molar-refractivity contribution in [2.45, 2.75) is 38.0 Å². The van der Waals surface area contributed by atoms with Crippen LogP contribution in [0.2, 0.25) is 0 Å². The van der Waals surface area contributed by atoms with Crippen LogP contribution in [0.4, 0.5) is 19.3 Å². The summed E-state index contributed by atoms with van der Waals surface area (Å²) in [6.45, 7) is 6.05. The number of hydrogen-bond acceptors (Lipinski definition) is 5. The fourth-order valence-corrected chi connectivity index (χ4v) is 4.10. The van der Waals surface area contributed by atoms with Crippen molar-refractivity contribution in [3.05, 3.63) is 24.0 Å². The fourth-order valence-electron chi connectivity index (χ4n) is 4.10. The summed E-state index contributed by atoms with van der Waals surface area (Å²) in [7, 11) is 1.45. The molecular formula is C22H34F2N4O3. The van der Waals surface area contributed by atoms with Gasteiger partial charge in [-0.15, -0.1) is 0 Å². The van der Waals surface area contributed by atoms with E-state index in [0.29, 0.717) is 64.2 Å². The topological polar surface area (TPSA) is 68.3 Å². The van der Waals surface area contributed by atoms with E-state index < -0.39 is 11.8 Å². The Morgan fingerprint density at radius 2 is 1.90 bits per heavy atom. The molecule has 0 aromatic heterocycles. The highest BCUT2D eigenvalue weighted by atomic mass is 19.1. The molecule has 1 atom stereocenters. The van der Waals surface area contributed by atoms with Crippen molar-refractivity contribution < 1.29 is 23.4 Å². The first-order valence-electron chi connectivity index (χ1n) is 11.0. The minimum absolute atomic E-state index is 0.198. The number of nitrogens with zero attached hydrogens (tertiary/aromatic N) is 3. The number of likely N-dealkylation sites (tertiary alicyclic amines) is 1. The Morgan fingerprint density at radius 3 is 2.55 bits per heavy atom. The molecule has 0 aliphatic carbocycles. The molecule has 2 saturated heterocycles. The predicted molar refractivity (Wildman–Crippen MR) is 116 cm³/mol. The zero-order valence-corrected chi connectivity index (χ0v) is 18.4. The van der Waals surface area contributed by atoms with E-state index in [4.69, 9.17) is 4.74 Å². The monoisotopic (exact) mass is 440 g/mol. The summed E-state index contributed by atoms with van der Waals surface area (Å²) in [5.41, 5.74) is -0.650. The van der Waals surface area contributed by atoms with Crippen LogP contribution in [0.5, 0.6) is 5.75 Å². The second kappa shape index (κ2) is 10.5. The highest BCUT2D eigenvalue weighted by molar-refractivity contribution is 5.74. The molecule has 2 fully saturated rings. The molecule has 1 aromatic carbocycles. The number of β-amino-alcohol motifs (C(OH)–C–C–N with tert-alkyl or cyclic N) is 1. The molecular weight excluding hydrogens is 406 g/mol. The van der Waals surface area contributed by atoms with Gasteiger partial charge >= 0.3 is 6.03 Å². The Morgan fingerprint density at radius 1 is 1.23 bits per heavy atom. The summed E-state index contributed by atoms with van der Waals surface area (Å²) in [5.74, 6) is -0.111. The highest BCUT2D eigenvalue weighted by Crippen LogP contribution is 2.28. The van der Waals surface area contributed by atoms with Gasteiger partial charge in [0.2, 0.25) is 0 Å². The number of rotatable bonds is 7. The molecule has 2 amide bonds. The third-order valence-electron chi connectivity index (χ3n) is 6.19. The predicted octanol–water partition coefficient (Wildman–Crippen LogP) is 2.24. The van der Waals surface area contributed by atoms with Gasteiger partial charge in [0.25, 0.3) is 0 Å².